The fourth-order valence-corrected chi connectivity index (χ4v) is 1.13. The summed E-state index contributed by atoms with van der Waals surface area (Å²) in [7, 11) is 0. The molecule has 0 aliphatic heterocycles. The minimum atomic E-state index is -0.458. The number of nitrogens with two attached hydrogens (primary N) is 1. The standard InChI is InChI=1S/C10H21N3O2/c1-7(2)13(6-8(11)12-15)9(14)10(3,4)5/h7,15H,6H2,1-5H3,(H2,11,12). The van der Waals surface area contributed by atoms with Crippen LogP contribution in [0.3, 0.4) is 0 Å². The Balaban J connectivity index is 4.76. The van der Waals surface area contributed by atoms with Gasteiger partial charge in [0.15, 0.2) is 5.84 Å². The number of oxime groups is 1. The second-order valence-corrected chi connectivity index (χ2v) is 4.87. The molecule has 0 unspecified atom stereocenters. The lowest BCUT2D eigenvalue weighted by Gasteiger charge is -2.32. The van der Waals surface area contributed by atoms with Gasteiger partial charge in [-0.1, -0.05) is 25.9 Å². The Morgan fingerprint density at radius 3 is 2.20 bits per heavy atom. The molecular weight excluding hydrogens is 194 g/mol. The van der Waals surface area contributed by atoms with Crippen molar-refractivity contribution in [1.82, 2.24) is 4.90 Å². The number of carbonyl (C=O) groups is 1. The highest BCUT2D eigenvalue weighted by molar-refractivity contribution is 5.89. The monoisotopic (exact) mass is 215 g/mol. The molecule has 0 aromatic heterocycles. The highest BCUT2D eigenvalue weighted by atomic mass is 16.4. The summed E-state index contributed by atoms with van der Waals surface area (Å²) in [6.45, 7) is 9.48. The Hall–Kier alpha value is -1.26. The van der Waals surface area contributed by atoms with Crippen molar-refractivity contribution in [2.24, 2.45) is 16.3 Å². The minimum absolute atomic E-state index is 0.0101. The highest BCUT2D eigenvalue weighted by Gasteiger charge is 2.29. The van der Waals surface area contributed by atoms with Gasteiger partial charge in [0, 0.05) is 11.5 Å². The Morgan fingerprint density at radius 1 is 1.47 bits per heavy atom. The van der Waals surface area contributed by atoms with Crippen molar-refractivity contribution in [3.05, 3.63) is 0 Å². The van der Waals surface area contributed by atoms with E-state index >= 15 is 0 Å². The van der Waals surface area contributed by atoms with Gasteiger partial charge in [0.25, 0.3) is 0 Å². The largest absolute Gasteiger partial charge is 0.409 e. The predicted molar refractivity (Wildman–Crippen MR) is 59.7 cm³/mol. The van der Waals surface area contributed by atoms with E-state index in [4.69, 9.17) is 10.9 Å². The minimum Gasteiger partial charge on any atom is -0.409 e. The van der Waals surface area contributed by atoms with Crippen molar-refractivity contribution >= 4 is 11.7 Å². The topological polar surface area (TPSA) is 78.9 Å². The molecule has 3 N–H and O–H groups in total. The first-order chi connectivity index (χ1) is 6.70. The van der Waals surface area contributed by atoms with Crippen molar-refractivity contribution in [3.63, 3.8) is 0 Å². The lowest BCUT2D eigenvalue weighted by Crippen LogP contribution is -2.47. The Labute approximate surface area is 90.9 Å². The average molecular weight is 215 g/mol. The third kappa shape index (κ3) is 4.18. The van der Waals surface area contributed by atoms with Crippen molar-refractivity contribution in [2.45, 2.75) is 40.7 Å². The van der Waals surface area contributed by atoms with E-state index in [9.17, 15) is 4.79 Å². The number of hydrogen-bond acceptors (Lipinski definition) is 3. The van der Waals surface area contributed by atoms with Gasteiger partial charge in [-0.3, -0.25) is 4.79 Å². The van der Waals surface area contributed by atoms with Crippen molar-refractivity contribution < 1.29 is 10.0 Å². The molecule has 0 atom stereocenters. The Morgan fingerprint density at radius 2 is 1.93 bits per heavy atom. The van der Waals surface area contributed by atoms with Gasteiger partial charge in [-0.2, -0.15) is 0 Å². The zero-order chi connectivity index (χ0) is 12.2. The summed E-state index contributed by atoms with van der Waals surface area (Å²) in [4.78, 5) is 13.6. The van der Waals surface area contributed by atoms with E-state index < -0.39 is 5.41 Å². The van der Waals surface area contributed by atoms with Crippen LogP contribution in [0.15, 0.2) is 5.16 Å². The summed E-state index contributed by atoms with van der Waals surface area (Å²) in [5.41, 5.74) is 4.94. The molecule has 0 bridgehead atoms. The molecule has 5 nitrogen and oxygen atoms in total. The van der Waals surface area contributed by atoms with Crippen LogP contribution in [0.2, 0.25) is 0 Å². The van der Waals surface area contributed by atoms with Gasteiger partial charge >= 0.3 is 0 Å². The number of nitrogens with zero attached hydrogens (tertiary/aromatic N) is 2. The lowest BCUT2D eigenvalue weighted by atomic mass is 9.94. The third-order valence-corrected chi connectivity index (χ3v) is 1.99. The summed E-state index contributed by atoms with van der Waals surface area (Å²) in [6.07, 6.45) is 0. The van der Waals surface area contributed by atoms with E-state index in [1.165, 1.54) is 0 Å². The molecule has 0 rings (SSSR count). The van der Waals surface area contributed by atoms with Crippen LogP contribution in [-0.2, 0) is 4.79 Å². The van der Waals surface area contributed by atoms with E-state index in [1.807, 2.05) is 34.6 Å². The summed E-state index contributed by atoms with van der Waals surface area (Å²) < 4.78 is 0. The van der Waals surface area contributed by atoms with E-state index in [1.54, 1.807) is 4.90 Å². The third-order valence-electron chi connectivity index (χ3n) is 1.99. The van der Waals surface area contributed by atoms with Gasteiger partial charge in [0.2, 0.25) is 5.91 Å². The fraction of sp³-hybridized carbons (Fsp3) is 0.800. The van der Waals surface area contributed by atoms with E-state index in [0.717, 1.165) is 0 Å². The smallest absolute Gasteiger partial charge is 0.228 e. The van der Waals surface area contributed by atoms with Crippen LogP contribution in [0.1, 0.15) is 34.6 Å². The second kappa shape index (κ2) is 5.00. The first-order valence-corrected chi connectivity index (χ1v) is 4.97. The van der Waals surface area contributed by atoms with E-state index in [0.29, 0.717) is 0 Å². The highest BCUT2D eigenvalue weighted by Crippen LogP contribution is 2.18. The fourth-order valence-electron chi connectivity index (χ4n) is 1.13. The van der Waals surface area contributed by atoms with Gasteiger partial charge in [0.1, 0.15) is 0 Å². The maximum absolute atomic E-state index is 12.0. The van der Waals surface area contributed by atoms with Gasteiger partial charge in [-0.15, -0.1) is 0 Å². The van der Waals surface area contributed by atoms with Crippen LogP contribution >= 0.6 is 0 Å². The molecule has 0 aromatic rings. The number of amides is 1. The zero-order valence-electron chi connectivity index (χ0n) is 10.1. The number of hydrogen-bond donors (Lipinski definition) is 2. The van der Waals surface area contributed by atoms with Crippen molar-refractivity contribution in [2.75, 3.05) is 6.54 Å². The quantitative estimate of drug-likeness (QED) is 0.319. The van der Waals surface area contributed by atoms with Gasteiger partial charge in [-0.05, 0) is 13.8 Å². The van der Waals surface area contributed by atoms with E-state index in [2.05, 4.69) is 5.16 Å². The van der Waals surface area contributed by atoms with Gasteiger partial charge < -0.3 is 15.8 Å². The van der Waals surface area contributed by atoms with Gasteiger partial charge in [-0.25, -0.2) is 0 Å². The summed E-state index contributed by atoms with van der Waals surface area (Å²) in [5, 5.41) is 11.4. The molecule has 0 saturated heterocycles. The second-order valence-electron chi connectivity index (χ2n) is 4.87. The molecule has 5 heteroatoms. The molecule has 88 valence electrons. The molecule has 0 saturated carbocycles. The van der Waals surface area contributed by atoms with Crippen LogP contribution in [0.25, 0.3) is 0 Å². The summed E-state index contributed by atoms with van der Waals surface area (Å²) in [6, 6.07) is 0.0250. The van der Waals surface area contributed by atoms with E-state index in [-0.39, 0.29) is 24.3 Å². The van der Waals surface area contributed by atoms with Crippen LogP contribution in [0.5, 0.6) is 0 Å². The molecule has 0 fully saturated rings. The molecule has 0 radical (unpaired) electrons. The molecule has 0 aromatic carbocycles. The molecule has 0 aliphatic rings. The number of amidine groups is 1. The van der Waals surface area contributed by atoms with Gasteiger partial charge in [0.05, 0.1) is 6.54 Å². The van der Waals surface area contributed by atoms with Crippen molar-refractivity contribution in [3.8, 4) is 0 Å². The van der Waals surface area contributed by atoms with Crippen LogP contribution in [0.4, 0.5) is 0 Å². The van der Waals surface area contributed by atoms with Crippen LogP contribution in [0, 0.1) is 5.41 Å². The normalized spacial score (nSPS) is 13.1. The Kier molecular flexibility index (Phi) is 4.58. The maximum atomic E-state index is 12.0. The molecule has 0 spiro atoms. The molecular formula is C10H21N3O2. The van der Waals surface area contributed by atoms with Crippen molar-refractivity contribution in [1.29, 1.82) is 0 Å². The number of carbonyl (C=O) groups excluding carboxylic acids is 1. The maximum Gasteiger partial charge on any atom is 0.228 e. The lowest BCUT2D eigenvalue weighted by molar-refractivity contribution is -0.140. The molecule has 0 aliphatic carbocycles. The SMILES string of the molecule is CC(C)N(CC(N)=NO)C(=O)C(C)(C)C. The number of rotatable bonds is 3. The molecule has 0 heterocycles. The first-order valence-electron chi connectivity index (χ1n) is 4.97. The summed E-state index contributed by atoms with van der Waals surface area (Å²) >= 11 is 0. The zero-order valence-corrected chi connectivity index (χ0v) is 10.1. The average Bonchev–Trinajstić information content (AvgIpc) is 2.10. The van der Waals surface area contributed by atoms with Crippen LogP contribution in [-0.4, -0.2) is 34.4 Å². The Bertz CT molecular complexity index is 254. The first kappa shape index (κ1) is 13.7. The summed E-state index contributed by atoms with van der Waals surface area (Å²) in [5.74, 6) is 0.0328. The molecule has 1 amide bonds. The molecule has 15 heavy (non-hydrogen) atoms. The predicted octanol–water partition coefficient (Wildman–Crippen LogP) is 1.02. The van der Waals surface area contributed by atoms with Crippen LogP contribution < -0.4 is 5.73 Å².